The summed E-state index contributed by atoms with van der Waals surface area (Å²) in [6.07, 6.45) is 0. The third-order valence-electron chi connectivity index (χ3n) is 1.65. The molecule has 0 aliphatic carbocycles. The topological polar surface area (TPSA) is 35.5 Å². The predicted octanol–water partition coefficient (Wildman–Crippen LogP) is 0.297. The molecule has 3 nitrogen and oxygen atoms in total. The molecule has 3 heteroatoms. The van der Waals surface area contributed by atoms with E-state index in [1.165, 1.54) is 0 Å². The third kappa shape index (κ3) is 4.70. The van der Waals surface area contributed by atoms with Gasteiger partial charge < -0.3 is 15.3 Å². The first-order chi connectivity index (χ1) is 5.39. The van der Waals surface area contributed by atoms with E-state index in [4.69, 9.17) is 0 Å². The molecule has 74 valence electrons. The zero-order valence-electron chi connectivity index (χ0n) is 8.89. The van der Waals surface area contributed by atoms with Crippen molar-refractivity contribution in [3.63, 3.8) is 0 Å². The molecule has 0 rings (SSSR count). The van der Waals surface area contributed by atoms with E-state index in [0.29, 0.717) is 6.04 Å². The summed E-state index contributed by atoms with van der Waals surface area (Å²) in [4.78, 5) is 2.08. The minimum absolute atomic E-state index is 0.170. The number of nitrogens with one attached hydrogen (secondary N) is 1. The Hall–Kier alpha value is -0.120. The van der Waals surface area contributed by atoms with Gasteiger partial charge in [-0.25, -0.2) is 0 Å². The van der Waals surface area contributed by atoms with Gasteiger partial charge in [-0.2, -0.15) is 0 Å². The highest BCUT2D eigenvalue weighted by molar-refractivity contribution is 4.85. The summed E-state index contributed by atoms with van der Waals surface area (Å²) in [5.41, 5.74) is -0.183. The minimum Gasteiger partial charge on any atom is -0.394 e. The maximum absolute atomic E-state index is 9.19. The summed E-state index contributed by atoms with van der Waals surface area (Å²) < 4.78 is 0. The lowest BCUT2D eigenvalue weighted by atomic mass is 10.0. The van der Waals surface area contributed by atoms with Gasteiger partial charge in [-0.15, -0.1) is 0 Å². The van der Waals surface area contributed by atoms with Crippen LogP contribution in [0.5, 0.6) is 0 Å². The average Bonchev–Trinajstić information content (AvgIpc) is 1.83. The highest BCUT2D eigenvalue weighted by Crippen LogP contribution is 2.05. The van der Waals surface area contributed by atoms with Crippen molar-refractivity contribution in [3.8, 4) is 0 Å². The fraction of sp³-hybridized carbons (Fsp3) is 1.00. The van der Waals surface area contributed by atoms with E-state index in [1.807, 2.05) is 21.0 Å². The molecule has 0 radical (unpaired) electrons. The Bertz CT molecular complexity index is 114. The first-order valence-corrected chi connectivity index (χ1v) is 4.43. The van der Waals surface area contributed by atoms with Crippen LogP contribution in [0.3, 0.4) is 0 Å². The molecule has 1 atom stereocenters. The van der Waals surface area contributed by atoms with Gasteiger partial charge in [0.1, 0.15) is 0 Å². The second-order valence-electron chi connectivity index (χ2n) is 4.26. The number of likely N-dealkylation sites (N-methyl/N-ethyl adjacent to an activating group) is 1. The Balaban J connectivity index is 4.04. The molecule has 0 aliphatic rings. The Morgan fingerprint density at radius 1 is 1.42 bits per heavy atom. The second-order valence-corrected chi connectivity index (χ2v) is 4.26. The minimum atomic E-state index is -0.183. The van der Waals surface area contributed by atoms with Gasteiger partial charge in [0.05, 0.1) is 12.1 Å². The Morgan fingerprint density at radius 2 is 1.92 bits per heavy atom. The van der Waals surface area contributed by atoms with Crippen molar-refractivity contribution in [1.29, 1.82) is 0 Å². The summed E-state index contributed by atoms with van der Waals surface area (Å²) in [5, 5.41) is 12.5. The van der Waals surface area contributed by atoms with E-state index in [9.17, 15) is 5.11 Å². The van der Waals surface area contributed by atoms with E-state index in [0.717, 1.165) is 6.54 Å². The van der Waals surface area contributed by atoms with Crippen LogP contribution in [0.25, 0.3) is 0 Å². The molecule has 0 saturated heterocycles. The van der Waals surface area contributed by atoms with Gasteiger partial charge in [-0.05, 0) is 21.0 Å². The van der Waals surface area contributed by atoms with Crippen LogP contribution in [0.1, 0.15) is 20.8 Å². The van der Waals surface area contributed by atoms with E-state index >= 15 is 0 Å². The van der Waals surface area contributed by atoms with Gasteiger partial charge in [0.15, 0.2) is 0 Å². The summed E-state index contributed by atoms with van der Waals surface area (Å²) in [7, 11) is 4.02. The fourth-order valence-corrected chi connectivity index (χ4v) is 1.54. The molecule has 12 heavy (non-hydrogen) atoms. The van der Waals surface area contributed by atoms with Crippen molar-refractivity contribution in [2.24, 2.45) is 0 Å². The van der Waals surface area contributed by atoms with Crippen LogP contribution >= 0.6 is 0 Å². The maximum Gasteiger partial charge on any atom is 0.0623 e. The lowest BCUT2D eigenvalue weighted by molar-refractivity contribution is 0.134. The SMILES string of the molecule is CC(C)NC(C)(CO)CN(C)C. The Kier molecular flexibility index (Phi) is 4.75. The largest absolute Gasteiger partial charge is 0.394 e. The summed E-state index contributed by atoms with van der Waals surface area (Å²) in [6.45, 7) is 7.23. The van der Waals surface area contributed by atoms with Gasteiger partial charge in [-0.1, -0.05) is 13.8 Å². The molecule has 0 heterocycles. The number of hydrogen-bond acceptors (Lipinski definition) is 3. The van der Waals surface area contributed by atoms with Gasteiger partial charge >= 0.3 is 0 Å². The van der Waals surface area contributed by atoms with Crippen LogP contribution in [0.15, 0.2) is 0 Å². The highest BCUT2D eigenvalue weighted by Gasteiger charge is 2.24. The third-order valence-corrected chi connectivity index (χ3v) is 1.65. The summed E-state index contributed by atoms with van der Waals surface area (Å²) in [6, 6.07) is 0.405. The molecule has 0 amide bonds. The smallest absolute Gasteiger partial charge is 0.0623 e. The molecule has 1 unspecified atom stereocenters. The lowest BCUT2D eigenvalue weighted by Gasteiger charge is -2.33. The zero-order chi connectivity index (χ0) is 9.78. The number of rotatable bonds is 5. The molecule has 0 aromatic heterocycles. The first-order valence-electron chi connectivity index (χ1n) is 4.43. The standard InChI is InChI=1S/C9H22N2O/c1-8(2)10-9(3,7-12)6-11(4)5/h8,10,12H,6-7H2,1-5H3. The maximum atomic E-state index is 9.19. The number of aliphatic hydroxyl groups excluding tert-OH is 1. The van der Waals surface area contributed by atoms with Gasteiger partial charge in [0, 0.05) is 12.6 Å². The quantitative estimate of drug-likeness (QED) is 0.629. The second kappa shape index (κ2) is 4.80. The van der Waals surface area contributed by atoms with Crippen LogP contribution < -0.4 is 5.32 Å². The zero-order valence-corrected chi connectivity index (χ0v) is 8.89. The lowest BCUT2D eigenvalue weighted by Crippen LogP contribution is -2.55. The normalized spacial score (nSPS) is 17.0. The van der Waals surface area contributed by atoms with Crippen molar-refractivity contribution in [1.82, 2.24) is 10.2 Å². The summed E-state index contributed by atoms with van der Waals surface area (Å²) in [5.74, 6) is 0. The van der Waals surface area contributed by atoms with Gasteiger partial charge in [0.25, 0.3) is 0 Å². The monoisotopic (exact) mass is 174 g/mol. The Morgan fingerprint density at radius 3 is 2.17 bits per heavy atom. The highest BCUT2D eigenvalue weighted by atomic mass is 16.3. The van der Waals surface area contributed by atoms with E-state index in [1.54, 1.807) is 0 Å². The molecular weight excluding hydrogens is 152 g/mol. The first kappa shape index (κ1) is 11.9. The van der Waals surface area contributed by atoms with Crippen LogP contribution in [0.2, 0.25) is 0 Å². The molecule has 0 aliphatic heterocycles. The molecule has 0 fully saturated rings. The number of hydrogen-bond donors (Lipinski definition) is 2. The fourth-order valence-electron chi connectivity index (χ4n) is 1.54. The van der Waals surface area contributed by atoms with E-state index in [2.05, 4.69) is 24.1 Å². The molecular formula is C9H22N2O. The van der Waals surface area contributed by atoms with Crippen molar-refractivity contribution in [2.45, 2.75) is 32.4 Å². The van der Waals surface area contributed by atoms with Crippen molar-refractivity contribution in [2.75, 3.05) is 27.2 Å². The van der Waals surface area contributed by atoms with Crippen molar-refractivity contribution in [3.05, 3.63) is 0 Å². The molecule has 0 bridgehead atoms. The van der Waals surface area contributed by atoms with Crippen LogP contribution in [-0.2, 0) is 0 Å². The molecule has 2 N–H and O–H groups in total. The number of aliphatic hydroxyl groups is 1. The van der Waals surface area contributed by atoms with Crippen LogP contribution in [0, 0.1) is 0 Å². The van der Waals surface area contributed by atoms with Crippen LogP contribution in [0.4, 0.5) is 0 Å². The van der Waals surface area contributed by atoms with Gasteiger partial charge in [-0.3, -0.25) is 0 Å². The molecule has 0 spiro atoms. The molecule has 0 saturated carbocycles. The van der Waals surface area contributed by atoms with Gasteiger partial charge in [0.2, 0.25) is 0 Å². The predicted molar refractivity (Wildman–Crippen MR) is 52.3 cm³/mol. The van der Waals surface area contributed by atoms with E-state index in [-0.39, 0.29) is 12.1 Å². The Labute approximate surface area is 75.8 Å². The average molecular weight is 174 g/mol. The number of nitrogens with zero attached hydrogens (tertiary/aromatic N) is 1. The van der Waals surface area contributed by atoms with E-state index < -0.39 is 0 Å². The van der Waals surface area contributed by atoms with Crippen molar-refractivity contribution >= 4 is 0 Å². The van der Waals surface area contributed by atoms with Crippen molar-refractivity contribution < 1.29 is 5.11 Å². The molecule has 0 aromatic carbocycles. The van der Waals surface area contributed by atoms with Crippen LogP contribution in [-0.4, -0.2) is 48.8 Å². The molecule has 0 aromatic rings. The summed E-state index contributed by atoms with van der Waals surface area (Å²) >= 11 is 0.